The Balaban J connectivity index is 5.00. The predicted octanol–water partition coefficient (Wildman–Crippen LogP) is 12.4. The smallest absolute Gasteiger partial charge is 0.246 e. The summed E-state index contributed by atoms with van der Waals surface area (Å²) in [7, 11) is 0. The summed E-state index contributed by atoms with van der Waals surface area (Å²) in [6.45, 7) is 5.64. The number of rotatable bonds is 64. The topological polar surface area (TPSA) is 309 Å². The van der Waals surface area contributed by atoms with Crippen LogP contribution in [0.1, 0.15) is 322 Å². The summed E-state index contributed by atoms with van der Waals surface area (Å²) in [5.41, 5.74) is 27.3. The van der Waals surface area contributed by atoms with Gasteiger partial charge < -0.3 is 54.8 Å². The maximum atomic E-state index is 13.7. The van der Waals surface area contributed by atoms with E-state index in [4.69, 9.17) is 28.7 Å². The van der Waals surface area contributed by atoms with Crippen molar-refractivity contribution >= 4 is 47.4 Å². The largest absolute Gasteiger partial charge is 0.370 e. The average Bonchev–Trinajstić information content (AvgIpc) is 3.68. The summed E-state index contributed by atoms with van der Waals surface area (Å²) in [6.07, 6.45) is 58.4. The number of nitrogens with one attached hydrogen (secondary N) is 4. The van der Waals surface area contributed by atoms with E-state index < -0.39 is 35.7 Å². The maximum Gasteiger partial charge on any atom is 0.246 e. The molecule has 14 N–H and O–H groups in total. The number of amides is 6. The maximum absolute atomic E-state index is 13.7. The van der Waals surface area contributed by atoms with E-state index in [-0.39, 0.29) is 75.8 Å². The summed E-state index contributed by atoms with van der Waals surface area (Å²) in [5.74, 6) is -3.09. The molecule has 0 unspecified atom stereocenters. The van der Waals surface area contributed by atoms with Gasteiger partial charge in [-0.1, -0.05) is 271 Å². The molecule has 0 saturated heterocycles. The van der Waals surface area contributed by atoms with Crippen LogP contribution in [0, 0.1) is 0 Å². The number of carbonyl (C=O) groups is 6. The van der Waals surface area contributed by atoms with E-state index in [9.17, 15) is 28.8 Å². The Morgan fingerprint density at radius 2 is 0.663 bits per heavy atom. The fraction of sp³-hybridized carbons (Fsp3) is 0.853. The number of nitrogens with two attached hydrogens (primary N) is 5. The molecule has 0 heterocycles. The van der Waals surface area contributed by atoms with Gasteiger partial charge in [-0.15, -0.1) is 0 Å². The normalized spacial score (nSPS) is 11.9. The Labute approximate surface area is 524 Å². The lowest BCUT2D eigenvalue weighted by Gasteiger charge is -2.22. The minimum atomic E-state index is -1.13. The van der Waals surface area contributed by atoms with E-state index in [0.29, 0.717) is 25.7 Å². The van der Waals surface area contributed by atoms with E-state index in [0.717, 1.165) is 50.7 Å². The summed E-state index contributed by atoms with van der Waals surface area (Å²) in [6, 6.07) is -2.20. The molecule has 18 heteroatoms. The molecule has 0 aliphatic rings. The van der Waals surface area contributed by atoms with Gasteiger partial charge in [-0.05, 0) is 38.5 Å². The molecule has 86 heavy (non-hydrogen) atoms. The Bertz CT molecular complexity index is 1690. The first-order valence-corrected chi connectivity index (χ1v) is 35.3. The van der Waals surface area contributed by atoms with Crippen LogP contribution in [0.2, 0.25) is 0 Å². The molecular formula is C68H132N12O6. The summed E-state index contributed by atoms with van der Waals surface area (Å²) < 4.78 is 0. The molecule has 0 bridgehead atoms. The highest BCUT2D eigenvalue weighted by Crippen LogP contribution is 2.18. The number of hydrogen-bond acceptors (Lipinski definition) is 8. The monoisotopic (exact) mass is 1210 g/mol. The van der Waals surface area contributed by atoms with Crippen LogP contribution in [0.15, 0.2) is 22.1 Å². The summed E-state index contributed by atoms with van der Waals surface area (Å²) in [5, 5.41) is 11.1. The molecule has 0 saturated carbocycles. The molecule has 0 aliphatic heterocycles. The van der Waals surface area contributed by atoms with Crippen molar-refractivity contribution in [2.45, 2.75) is 334 Å². The van der Waals surface area contributed by atoms with Crippen molar-refractivity contribution in [3.05, 3.63) is 12.2 Å². The molecule has 0 fully saturated rings. The second-order valence-electron chi connectivity index (χ2n) is 24.4. The second kappa shape index (κ2) is 61.7. The molecule has 18 nitrogen and oxygen atoms in total. The van der Waals surface area contributed by atoms with Gasteiger partial charge in [0.05, 0.1) is 0 Å². The SMILES string of the molecule is CCCCCCCCCCCCCCCCCCCCCCCC(=O)NCCN(CCNC(=O)CCCCCCCCCCCCCCCCCCCCCCC)C(=O)/C=C\C(=O)N[C@@H](CCCN=C(N)N)C(=O)N[C@@H](CCCN=C(N)N)C(N)=O. The van der Waals surface area contributed by atoms with Gasteiger partial charge in [0.15, 0.2) is 11.9 Å². The third-order valence-electron chi connectivity index (χ3n) is 16.3. The zero-order chi connectivity index (χ0) is 63.2. The quantitative estimate of drug-likeness (QED) is 0.0120. The number of guanidine groups is 2. The number of hydrogen-bond donors (Lipinski definition) is 9. The van der Waals surface area contributed by atoms with E-state index >= 15 is 0 Å². The number of aliphatic imine (C=N–C) groups is 2. The third kappa shape index (κ3) is 56.9. The molecule has 2 atom stereocenters. The standard InChI is InChI=1S/C68H132N12O6/c1-3-5-7-9-11-13-15-17-19-21-23-25-27-29-31-33-35-37-39-41-43-49-61(81)74-55-57-80(58-56-75-62(82)50-44-42-40-38-36-34-32-30-28-26-24-22-20-18-16-14-12-10-8-6-4-2)64(84)52-51-63(83)78-60(48-46-54-77-68(72)73)66(86)79-59(65(69)85)47-45-53-76-67(70)71/h51-52,59-60H,3-50,53-58H2,1-2H3,(H2,69,85)(H,74,81)(H,75,82)(H,78,83)(H,79,86)(H4,70,71,76)(H4,72,73,77)/b52-51-/t59-,60-/m0/s1. The van der Waals surface area contributed by atoms with E-state index in [2.05, 4.69) is 45.1 Å². The first-order chi connectivity index (χ1) is 41.8. The average molecular weight is 1210 g/mol. The van der Waals surface area contributed by atoms with Crippen molar-refractivity contribution in [2.24, 2.45) is 38.7 Å². The molecule has 500 valence electrons. The summed E-state index contributed by atoms with van der Waals surface area (Å²) in [4.78, 5) is 87.8. The Morgan fingerprint density at radius 1 is 0.372 bits per heavy atom. The minimum Gasteiger partial charge on any atom is -0.370 e. The molecule has 0 aliphatic carbocycles. The van der Waals surface area contributed by atoms with Crippen molar-refractivity contribution in [1.29, 1.82) is 0 Å². The lowest BCUT2D eigenvalue weighted by molar-refractivity contribution is -0.130. The van der Waals surface area contributed by atoms with Crippen LogP contribution in [0.5, 0.6) is 0 Å². The van der Waals surface area contributed by atoms with Crippen LogP contribution >= 0.6 is 0 Å². The van der Waals surface area contributed by atoms with Crippen LogP contribution < -0.4 is 49.9 Å². The lowest BCUT2D eigenvalue weighted by Crippen LogP contribution is -2.52. The van der Waals surface area contributed by atoms with Crippen molar-refractivity contribution in [3.63, 3.8) is 0 Å². The fourth-order valence-corrected chi connectivity index (χ4v) is 10.9. The number of primary amides is 1. The molecule has 0 rings (SSSR count). The van der Waals surface area contributed by atoms with Gasteiger partial charge in [0.1, 0.15) is 12.1 Å². The lowest BCUT2D eigenvalue weighted by atomic mass is 10.0. The van der Waals surface area contributed by atoms with E-state index in [1.165, 1.54) is 236 Å². The van der Waals surface area contributed by atoms with E-state index in [1.807, 2.05) is 0 Å². The Hall–Kier alpha value is -4.90. The van der Waals surface area contributed by atoms with Crippen LogP contribution in [0.25, 0.3) is 0 Å². The van der Waals surface area contributed by atoms with Gasteiger partial charge in [0.25, 0.3) is 0 Å². The molecule has 0 aromatic carbocycles. The molecule has 0 spiro atoms. The van der Waals surface area contributed by atoms with Crippen LogP contribution in [-0.4, -0.2) is 104 Å². The Kier molecular flexibility index (Phi) is 58.2. The van der Waals surface area contributed by atoms with Crippen LogP contribution in [-0.2, 0) is 28.8 Å². The molecule has 0 aromatic heterocycles. The molecule has 0 aromatic rings. The number of unbranched alkanes of at least 4 members (excludes halogenated alkanes) is 40. The van der Waals surface area contributed by atoms with Gasteiger partial charge in [-0.25, -0.2) is 0 Å². The minimum absolute atomic E-state index is 0.0834. The van der Waals surface area contributed by atoms with E-state index in [1.54, 1.807) is 0 Å². The highest BCUT2D eigenvalue weighted by Gasteiger charge is 2.25. The number of nitrogens with zero attached hydrogens (tertiary/aromatic N) is 3. The van der Waals surface area contributed by atoms with Gasteiger partial charge >= 0.3 is 0 Å². The first kappa shape index (κ1) is 81.1. The van der Waals surface area contributed by atoms with Crippen molar-refractivity contribution < 1.29 is 28.8 Å². The van der Waals surface area contributed by atoms with Gasteiger partial charge in [-0.3, -0.25) is 38.8 Å². The van der Waals surface area contributed by atoms with Gasteiger partial charge in [-0.2, -0.15) is 0 Å². The second-order valence-corrected chi connectivity index (χ2v) is 24.4. The zero-order valence-corrected chi connectivity index (χ0v) is 55.2. The van der Waals surface area contributed by atoms with Crippen molar-refractivity contribution in [3.8, 4) is 0 Å². The van der Waals surface area contributed by atoms with Crippen LogP contribution in [0.4, 0.5) is 0 Å². The fourth-order valence-electron chi connectivity index (χ4n) is 10.9. The Morgan fingerprint density at radius 3 is 0.953 bits per heavy atom. The van der Waals surface area contributed by atoms with Crippen molar-refractivity contribution in [1.82, 2.24) is 26.2 Å². The first-order valence-electron chi connectivity index (χ1n) is 35.3. The number of carbonyl (C=O) groups excluding carboxylic acids is 6. The zero-order valence-electron chi connectivity index (χ0n) is 55.2. The molecule has 6 amide bonds. The van der Waals surface area contributed by atoms with Crippen LogP contribution in [0.3, 0.4) is 0 Å². The predicted molar refractivity (Wildman–Crippen MR) is 359 cm³/mol. The highest BCUT2D eigenvalue weighted by molar-refractivity contribution is 5.99. The summed E-state index contributed by atoms with van der Waals surface area (Å²) >= 11 is 0. The highest BCUT2D eigenvalue weighted by atomic mass is 16.2. The van der Waals surface area contributed by atoms with Gasteiger partial charge in [0.2, 0.25) is 35.4 Å². The molecule has 0 radical (unpaired) electrons. The third-order valence-corrected chi connectivity index (χ3v) is 16.3. The molecular weight excluding hydrogens is 1080 g/mol. The van der Waals surface area contributed by atoms with Crippen molar-refractivity contribution in [2.75, 3.05) is 39.3 Å². The van der Waals surface area contributed by atoms with Gasteiger partial charge in [0, 0.05) is 64.3 Å².